The summed E-state index contributed by atoms with van der Waals surface area (Å²) in [4.78, 5) is 19.6. The summed E-state index contributed by atoms with van der Waals surface area (Å²) < 4.78 is 0. The SMILES string of the molecule is CC1(C)c2ccc(-c3nc(-c4ccc(-c5cccnc5)cc4)nc(-c4cccc(-c5ccccc5)c4)n3)cc2-c2c1ccc1ccccc21. The lowest BCUT2D eigenvalue weighted by atomic mass is 9.82. The Morgan fingerprint density at radius 3 is 1.80 bits per heavy atom. The zero-order chi connectivity index (χ0) is 33.0. The molecule has 2 aromatic heterocycles. The molecule has 0 radical (unpaired) electrons. The Balaban J connectivity index is 1.21. The molecule has 4 nitrogen and oxygen atoms in total. The first-order valence-corrected chi connectivity index (χ1v) is 16.6. The number of nitrogens with zero attached hydrogens (tertiary/aromatic N) is 4. The summed E-state index contributed by atoms with van der Waals surface area (Å²) in [5, 5.41) is 2.51. The van der Waals surface area contributed by atoms with Crippen molar-refractivity contribution in [3.8, 4) is 67.5 Å². The number of benzene rings is 6. The van der Waals surface area contributed by atoms with Crippen molar-refractivity contribution in [2.45, 2.75) is 19.3 Å². The third-order valence-corrected chi connectivity index (χ3v) is 9.82. The second-order valence-corrected chi connectivity index (χ2v) is 13.2. The molecule has 0 bridgehead atoms. The summed E-state index contributed by atoms with van der Waals surface area (Å²) in [5.41, 5.74) is 12.4. The number of pyridine rings is 1. The molecule has 0 unspecified atom stereocenters. The van der Waals surface area contributed by atoms with Crippen LogP contribution in [-0.4, -0.2) is 19.9 Å². The van der Waals surface area contributed by atoms with Crippen molar-refractivity contribution in [2.24, 2.45) is 0 Å². The van der Waals surface area contributed by atoms with Crippen molar-refractivity contribution in [1.82, 2.24) is 19.9 Å². The van der Waals surface area contributed by atoms with Crippen LogP contribution in [0.1, 0.15) is 25.0 Å². The maximum absolute atomic E-state index is 5.15. The summed E-state index contributed by atoms with van der Waals surface area (Å²) in [6, 6.07) is 51.2. The molecule has 0 saturated heterocycles. The second-order valence-electron chi connectivity index (χ2n) is 13.2. The number of rotatable bonds is 5. The summed E-state index contributed by atoms with van der Waals surface area (Å²) in [6.07, 6.45) is 3.67. The monoisotopic (exact) mass is 628 g/mol. The quantitative estimate of drug-likeness (QED) is 0.190. The number of hydrogen-bond donors (Lipinski definition) is 0. The highest BCUT2D eigenvalue weighted by atomic mass is 15.0. The van der Waals surface area contributed by atoms with Crippen molar-refractivity contribution in [3.05, 3.63) is 169 Å². The van der Waals surface area contributed by atoms with Crippen LogP contribution in [0.25, 0.3) is 78.3 Å². The van der Waals surface area contributed by atoms with Gasteiger partial charge in [-0.25, -0.2) is 15.0 Å². The van der Waals surface area contributed by atoms with Crippen molar-refractivity contribution >= 4 is 10.8 Å². The van der Waals surface area contributed by atoms with Crippen LogP contribution in [0.3, 0.4) is 0 Å². The number of fused-ring (bicyclic) bond motifs is 5. The Morgan fingerprint density at radius 2 is 1.02 bits per heavy atom. The van der Waals surface area contributed by atoms with Gasteiger partial charge in [0, 0.05) is 34.5 Å². The Hall–Kier alpha value is -6.26. The van der Waals surface area contributed by atoms with E-state index in [2.05, 4.69) is 152 Å². The summed E-state index contributed by atoms with van der Waals surface area (Å²) in [5.74, 6) is 1.92. The molecule has 0 fully saturated rings. The molecular weight excluding hydrogens is 597 g/mol. The molecule has 8 aromatic rings. The first-order valence-electron chi connectivity index (χ1n) is 16.6. The highest BCUT2D eigenvalue weighted by Gasteiger charge is 2.36. The Bertz CT molecular complexity index is 2500. The molecule has 6 aromatic carbocycles. The lowest BCUT2D eigenvalue weighted by Crippen LogP contribution is -2.14. The van der Waals surface area contributed by atoms with Gasteiger partial charge in [-0.1, -0.05) is 141 Å². The van der Waals surface area contributed by atoms with Crippen LogP contribution in [0.5, 0.6) is 0 Å². The van der Waals surface area contributed by atoms with Gasteiger partial charge in [0.25, 0.3) is 0 Å². The van der Waals surface area contributed by atoms with Crippen LogP contribution in [0.4, 0.5) is 0 Å². The zero-order valence-electron chi connectivity index (χ0n) is 27.3. The third-order valence-electron chi connectivity index (χ3n) is 9.82. The Labute approximate surface area is 285 Å². The fraction of sp³-hybridized carbons (Fsp3) is 0.0667. The molecule has 0 aliphatic heterocycles. The van der Waals surface area contributed by atoms with E-state index in [0.29, 0.717) is 17.5 Å². The van der Waals surface area contributed by atoms with Crippen LogP contribution in [-0.2, 0) is 5.41 Å². The normalized spacial score (nSPS) is 12.9. The van der Waals surface area contributed by atoms with Crippen LogP contribution in [0.2, 0.25) is 0 Å². The Morgan fingerprint density at radius 1 is 0.429 bits per heavy atom. The number of hydrogen-bond acceptors (Lipinski definition) is 4. The molecule has 4 heteroatoms. The predicted octanol–water partition coefficient (Wildman–Crippen LogP) is 11.1. The largest absolute Gasteiger partial charge is 0.264 e. The highest BCUT2D eigenvalue weighted by molar-refractivity contribution is 6.03. The van der Waals surface area contributed by atoms with E-state index in [0.717, 1.165) is 38.9 Å². The minimum absolute atomic E-state index is 0.115. The van der Waals surface area contributed by atoms with E-state index in [1.165, 1.54) is 33.0 Å². The predicted molar refractivity (Wildman–Crippen MR) is 200 cm³/mol. The van der Waals surface area contributed by atoms with Crippen molar-refractivity contribution in [3.63, 3.8) is 0 Å². The molecule has 1 aliphatic carbocycles. The molecule has 0 saturated carbocycles. The molecule has 0 atom stereocenters. The molecule has 0 spiro atoms. The van der Waals surface area contributed by atoms with Crippen molar-refractivity contribution in [1.29, 1.82) is 0 Å². The Kier molecular flexibility index (Phi) is 6.77. The first-order chi connectivity index (χ1) is 24.0. The molecule has 9 rings (SSSR count). The molecule has 2 heterocycles. The van der Waals surface area contributed by atoms with Gasteiger partial charge in [0.1, 0.15) is 0 Å². The fourth-order valence-corrected chi connectivity index (χ4v) is 7.24. The average Bonchev–Trinajstić information content (AvgIpc) is 3.41. The van der Waals surface area contributed by atoms with E-state index in [1.54, 1.807) is 6.20 Å². The van der Waals surface area contributed by atoms with Crippen LogP contribution >= 0.6 is 0 Å². The maximum atomic E-state index is 5.15. The average molecular weight is 629 g/mol. The van der Waals surface area contributed by atoms with E-state index in [9.17, 15) is 0 Å². The summed E-state index contributed by atoms with van der Waals surface area (Å²) in [7, 11) is 0. The second kappa shape index (κ2) is 11.5. The highest BCUT2D eigenvalue weighted by Crippen LogP contribution is 2.52. The van der Waals surface area contributed by atoms with Gasteiger partial charge in [-0.15, -0.1) is 0 Å². The first kappa shape index (κ1) is 28.9. The molecule has 49 heavy (non-hydrogen) atoms. The van der Waals surface area contributed by atoms with Gasteiger partial charge in [0.05, 0.1) is 0 Å². The summed E-state index contributed by atoms with van der Waals surface area (Å²) >= 11 is 0. The van der Waals surface area contributed by atoms with Gasteiger partial charge >= 0.3 is 0 Å². The molecule has 1 aliphatic rings. The lowest BCUT2D eigenvalue weighted by Gasteiger charge is -2.21. The van der Waals surface area contributed by atoms with E-state index in [1.807, 2.05) is 18.3 Å². The van der Waals surface area contributed by atoms with Gasteiger partial charge in [0.15, 0.2) is 17.5 Å². The fourth-order valence-electron chi connectivity index (χ4n) is 7.24. The molecule has 0 N–H and O–H groups in total. The molecular formula is C45H32N4. The van der Waals surface area contributed by atoms with Crippen molar-refractivity contribution in [2.75, 3.05) is 0 Å². The maximum Gasteiger partial charge on any atom is 0.164 e. The minimum atomic E-state index is -0.115. The van der Waals surface area contributed by atoms with Crippen molar-refractivity contribution < 1.29 is 0 Å². The molecule has 232 valence electrons. The van der Waals surface area contributed by atoms with Gasteiger partial charge in [0.2, 0.25) is 0 Å². The van der Waals surface area contributed by atoms with Gasteiger partial charge in [-0.2, -0.15) is 0 Å². The summed E-state index contributed by atoms with van der Waals surface area (Å²) in [6.45, 7) is 4.64. The van der Waals surface area contributed by atoms with Gasteiger partial charge < -0.3 is 0 Å². The number of aromatic nitrogens is 4. The van der Waals surface area contributed by atoms with Gasteiger partial charge in [-0.3, -0.25) is 4.98 Å². The molecule has 0 amide bonds. The van der Waals surface area contributed by atoms with E-state index < -0.39 is 0 Å². The standard InChI is InChI=1S/C45H32N4/c1-45(2)39-23-22-35(27-38(39)41-37-16-7-6-12-31(37)21-24-40(41)45)44-48-42(32-19-17-30(18-20-32)36-15-9-25-46-28-36)47-43(49-44)34-14-8-13-33(26-34)29-10-4-3-5-11-29/h3-28H,1-2H3. The van der Waals surface area contributed by atoms with Crippen LogP contribution in [0, 0.1) is 0 Å². The minimum Gasteiger partial charge on any atom is -0.264 e. The van der Waals surface area contributed by atoms with E-state index in [4.69, 9.17) is 15.0 Å². The topological polar surface area (TPSA) is 51.6 Å². The van der Waals surface area contributed by atoms with Crippen LogP contribution < -0.4 is 0 Å². The van der Waals surface area contributed by atoms with Gasteiger partial charge in [-0.05, 0) is 73.5 Å². The zero-order valence-corrected chi connectivity index (χ0v) is 27.3. The lowest BCUT2D eigenvalue weighted by molar-refractivity contribution is 0.661. The smallest absolute Gasteiger partial charge is 0.164 e. The third kappa shape index (κ3) is 5.01. The van der Waals surface area contributed by atoms with E-state index in [-0.39, 0.29) is 5.41 Å². The van der Waals surface area contributed by atoms with Crippen LogP contribution in [0.15, 0.2) is 158 Å². The van der Waals surface area contributed by atoms with E-state index >= 15 is 0 Å².